The summed E-state index contributed by atoms with van der Waals surface area (Å²) < 4.78 is 40.6. The molecular weight excluding hydrogens is 357 g/mol. The van der Waals surface area contributed by atoms with E-state index in [-0.39, 0.29) is 17.6 Å². The molecule has 1 N–H and O–H groups in total. The first-order chi connectivity index (χ1) is 11.8. The van der Waals surface area contributed by atoms with Gasteiger partial charge >= 0.3 is 6.36 Å². The maximum absolute atomic E-state index is 12.6. The number of carbonyl (C=O) groups is 2. The van der Waals surface area contributed by atoms with E-state index in [0.29, 0.717) is 23.5 Å². The maximum atomic E-state index is 12.6. The van der Waals surface area contributed by atoms with Crippen molar-refractivity contribution in [3.8, 4) is 5.75 Å². The Bertz CT molecular complexity index is 760. The molecule has 5 nitrogen and oxygen atoms in total. The molecule has 1 fully saturated rings. The molecule has 0 saturated carbocycles. The van der Waals surface area contributed by atoms with E-state index in [1.54, 1.807) is 17.5 Å². The molecule has 0 bridgehead atoms. The zero-order chi connectivity index (χ0) is 18.0. The Morgan fingerprint density at radius 1 is 1.24 bits per heavy atom. The van der Waals surface area contributed by atoms with Crippen molar-refractivity contribution in [1.82, 2.24) is 10.2 Å². The van der Waals surface area contributed by atoms with Crippen molar-refractivity contribution in [2.45, 2.75) is 12.4 Å². The molecule has 132 valence electrons. The minimum absolute atomic E-state index is 0.287. The first-order valence-corrected chi connectivity index (χ1v) is 8.21. The van der Waals surface area contributed by atoms with Crippen molar-refractivity contribution >= 4 is 23.2 Å². The summed E-state index contributed by atoms with van der Waals surface area (Å²) in [6.45, 7) is 0.635. The Hall–Kier alpha value is -2.55. The second-order valence-electron chi connectivity index (χ2n) is 5.29. The highest BCUT2D eigenvalue weighted by Crippen LogP contribution is 2.29. The Morgan fingerprint density at radius 2 is 1.96 bits per heavy atom. The molecule has 1 unspecified atom stereocenters. The number of alkyl halides is 3. The third-order valence-corrected chi connectivity index (χ3v) is 4.49. The van der Waals surface area contributed by atoms with Gasteiger partial charge in [-0.05, 0) is 29.1 Å². The van der Waals surface area contributed by atoms with E-state index < -0.39 is 12.4 Å². The molecule has 2 amide bonds. The molecule has 9 heteroatoms. The summed E-state index contributed by atoms with van der Waals surface area (Å²) in [5.74, 6) is -1.05. The predicted molar refractivity (Wildman–Crippen MR) is 84.2 cm³/mol. The van der Waals surface area contributed by atoms with E-state index in [2.05, 4.69) is 10.1 Å². The SMILES string of the molecule is O=C1NCCN(C(=O)c2cccs2)C1c1ccc(OC(F)(F)F)cc1. The van der Waals surface area contributed by atoms with Gasteiger partial charge in [0.15, 0.2) is 0 Å². The zero-order valence-electron chi connectivity index (χ0n) is 12.7. The second kappa shape index (κ2) is 6.75. The number of halogens is 3. The Labute approximate surface area is 145 Å². The number of nitrogens with zero attached hydrogens (tertiary/aromatic N) is 1. The van der Waals surface area contributed by atoms with Crippen LogP contribution in [0.15, 0.2) is 41.8 Å². The van der Waals surface area contributed by atoms with Crippen LogP contribution < -0.4 is 10.1 Å². The van der Waals surface area contributed by atoms with Gasteiger partial charge in [-0.2, -0.15) is 0 Å². The fourth-order valence-corrected chi connectivity index (χ4v) is 3.29. The summed E-state index contributed by atoms with van der Waals surface area (Å²) in [5.41, 5.74) is 0.414. The van der Waals surface area contributed by atoms with Gasteiger partial charge in [0.05, 0.1) is 4.88 Å². The fourth-order valence-electron chi connectivity index (χ4n) is 2.61. The normalized spacial score (nSPS) is 18.0. The lowest BCUT2D eigenvalue weighted by atomic mass is 10.0. The molecule has 2 aromatic rings. The fraction of sp³-hybridized carbons (Fsp3) is 0.250. The molecule has 1 saturated heterocycles. The van der Waals surface area contributed by atoms with Crippen molar-refractivity contribution in [1.29, 1.82) is 0 Å². The smallest absolute Gasteiger partial charge is 0.406 e. The maximum Gasteiger partial charge on any atom is 0.573 e. The zero-order valence-corrected chi connectivity index (χ0v) is 13.6. The molecule has 1 atom stereocenters. The molecule has 1 aromatic heterocycles. The quantitative estimate of drug-likeness (QED) is 0.904. The molecule has 0 aliphatic carbocycles. The lowest BCUT2D eigenvalue weighted by Crippen LogP contribution is -2.52. The van der Waals surface area contributed by atoms with Crippen LogP contribution in [-0.2, 0) is 4.79 Å². The minimum atomic E-state index is -4.79. The van der Waals surface area contributed by atoms with E-state index >= 15 is 0 Å². The third kappa shape index (κ3) is 3.93. The van der Waals surface area contributed by atoms with Gasteiger partial charge in [-0.15, -0.1) is 24.5 Å². The van der Waals surface area contributed by atoms with Gasteiger partial charge < -0.3 is 15.0 Å². The van der Waals surface area contributed by atoms with Gasteiger partial charge in [0.2, 0.25) is 5.91 Å². The third-order valence-electron chi connectivity index (χ3n) is 3.63. The van der Waals surface area contributed by atoms with Crippen molar-refractivity contribution < 1.29 is 27.5 Å². The lowest BCUT2D eigenvalue weighted by molar-refractivity contribution is -0.274. The first kappa shape index (κ1) is 17.3. The van der Waals surface area contributed by atoms with E-state index in [1.807, 2.05) is 0 Å². The van der Waals surface area contributed by atoms with Crippen molar-refractivity contribution in [2.24, 2.45) is 0 Å². The average molecular weight is 370 g/mol. The molecule has 2 heterocycles. The number of amides is 2. The van der Waals surface area contributed by atoms with Gasteiger partial charge in [-0.1, -0.05) is 18.2 Å². The van der Waals surface area contributed by atoms with Crippen LogP contribution >= 0.6 is 11.3 Å². The van der Waals surface area contributed by atoms with E-state index in [9.17, 15) is 22.8 Å². The highest BCUT2D eigenvalue weighted by Gasteiger charge is 2.35. The van der Waals surface area contributed by atoms with Gasteiger partial charge in [0.25, 0.3) is 5.91 Å². The lowest BCUT2D eigenvalue weighted by Gasteiger charge is -2.35. The average Bonchev–Trinajstić information content (AvgIpc) is 3.08. The number of hydrogen-bond donors (Lipinski definition) is 1. The van der Waals surface area contributed by atoms with Crippen molar-refractivity contribution in [3.63, 3.8) is 0 Å². The van der Waals surface area contributed by atoms with E-state index in [0.717, 1.165) is 12.1 Å². The summed E-state index contributed by atoms with van der Waals surface area (Å²) in [6, 6.07) is 7.45. The van der Waals surface area contributed by atoms with Crippen molar-refractivity contribution in [3.05, 3.63) is 52.2 Å². The summed E-state index contributed by atoms with van der Waals surface area (Å²) >= 11 is 1.26. The number of nitrogens with one attached hydrogen (secondary N) is 1. The Balaban J connectivity index is 1.86. The molecule has 0 spiro atoms. The Kier molecular flexibility index (Phi) is 4.67. The topological polar surface area (TPSA) is 58.6 Å². The molecule has 1 aliphatic heterocycles. The van der Waals surface area contributed by atoms with Gasteiger partial charge in [0, 0.05) is 13.1 Å². The second-order valence-corrected chi connectivity index (χ2v) is 6.23. The molecule has 3 rings (SSSR count). The molecule has 1 aromatic carbocycles. The number of hydrogen-bond acceptors (Lipinski definition) is 4. The van der Waals surface area contributed by atoms with Crippen molar-refractivity contribution in [2.75, 3.05) is 13.1 Å². The number of ether oxygens (including phenoxy) is 1. The van der Waals surface area contributed by atoms with Crippen LogP contribution in [-0.4, -0.2) is 36.2 Å². The van der Waals surface area contributed by atoms with Crippen LogP contribution in [0, 0.1) is 0 Å². The molecular formula is C16H13F3N2O3S. The van der Waals surface area contributed by atoms with E-state index in [1.165, 1.54) is 28.4 Å². The monoisotopic (exact) mass is 370 g/mol. The predicted octanol–water partition coefficient (Wildman–Crippen LogP) is 2.96. The number of piperazine rings is 1. The largest absolute Gasteiger partial charge is 0.573 e. The minimum Gasteiger partial charge on any atom is -0.406 e. The summed E-state index contributed by atoms with van der Waals surface area (Å²) in [4.78, 5) is 26.8. The van der Waals surface area contributed by atoms with E-state index in [4.69, 9.17) is 0 Å². The number of thiophene rings is 1. The van der Waals surface area contributed by atoms with Crippen LogP contribution in [0.25, 0.3) is 0 Å². The van der Waals surface area contributed by atoms with Crippen LogP contribution in [0.1, 0.15) is 21.3 Å². The number of rotatable bonds is 3. The molecule has 25 heavy (non-hydrogen) atoms. The molecule has 1 aliphatic rings. The van der Waals surface area contributed by atoms with Gasteiger partial charge in [-0.3, -0.25) is 9.59 Å². The van der Waals surface area contributed by atoms with Crippen LogP contribution in [0.4, 0.5) is 13.2 Å². The number of benzene rings is 1. The highest BCUT2D eigenvalue weighted by atomic mass is 32.1. The van der Waals surface area contributed by atoms with Crippen LogP contribution in [0.2, 0.25) is 0 Å². The summed E-state index contributed by atoms with van der Waals surface area (Å²) in [6.07, 6.45) is -4.79. The van der Waals surface area contributed by atoms with Crippen LogP contribution in [0.5, 0.6) is 5.75 Å². The van der Waals surface area contributed by atoms with Gasteiger partial charge in [0.1, 0.15) is 11.8 Å². The molecule has 0 radical (unpaired) electrons. The highest BCUT2D eigenvalue weighted by molar-refractivity contribution is 7.12. The van der Waals surface area contributed by atoms with Crippen LogP contribution in [0.3, 0.4) is 0 Å². The van der Waals surface area contributed by atoms with Gasteiger partial charge in [-0.25, -0.2) is 0 Å². The summed E-state index contributed by atoms with van der Waals surface area (Å²) in [5, 5.41) is 4.43. The summed E-state index contributed by atoms with van der Waals surface area (Å²) in [7, 11) is 0. The Morgan fingerprint density at radius 3 is 2.56 bits per heavy atom. The first-order valence-electron chi connectivity index (χ1n) is 7.33. The number of carbonyl (C=O) groups excluding carboxylic acids is 2. The standard InChI is InChI=1S/C16H13F3N2O3S/c17-16(18,19)24-11-5-3-10(4-6-11)13-14(22)20-7-8-21(13)15(23)12-2-1-9-25-12/h1-6,9,13H,7-8H2,(H,20,22).